The number of aromatic nitrogens is 1. The van der Waals surface area contributed by atoms with Gasteiger partial charge < -0.3 is 33.5 Å². The van der Waals surface area contributed by atoms with Crippen LogP contribution >= 0.6 is 0 Å². The van der Waals surface area contributed by atoms with Gasteiger partial charge in [0, 0.05) is 38.0 Å². The Kier molecular flexibility index (Phi) is 10.5. The highest BCUT2D eigenvalue weighted by molar-refractivity contribution is 5.79. The van der Waals surface area contributed by atoms with Crippen molar-refractivity contribution in [1.82, 2.24) is 19.7 Å². The van der Waals surface area contributed by atoms with Crippen molar-refractivity contribution in [3.63, 3.8) is 0 Å². The van der Waals surface area contributed by atoms with E-state index >= 15 is 0 Å². The highest BCUT2D eigenvalue weighted by Gasteiger charge is 2.47. The molecule has 2 aliphatic heterocycles. The lowest BCUT2D eigenvalue weighted by atomic mass is 9.83. The van der Waals surface area contributed by atoms with Crippen LogP contribution in [-0.2, 0) is 16.0 Å². The number of hydrogen-bond donors (Lipinski definition) is 1. The standard InChI is InChI=1S/C30H44N4O7/c1-6-7-12-33(13-8-11-32(3)4)27(35)18-34-17-22(21-14-24(38-5)29-25(15-21)39-19-40-29)28(30(36)37)23(34)9-10-26-31-16-20(2)41-26/h14-16,22-23,28H,6-13,17-19H2,1-5H3,(H,36,37)/t22-,23+,28-/m1/s1. The number of carbonyl (C=O) groups is 2. The van der Waals surface area contributed by atoms with Crippen LogP contribution in [0.4, 0.5) is 0 Å². The third-order valence-electron chi connectivity index (χ3n) is 7.97. The molecular weight excluding hydrogens is 528 g/mol. The summed E-state index contributed by atoms with van der Waals surface area (Å²) >= 11 is 0. The second-order valence-electron chi connectivity index (χ2n) is 11.2. The number of rotatable bonds is 15. The lowest BCUT2D eigenvalue weighted by Crippen LogP contribution is -2.45. The highest BCUT2D eigenvalue weighted by atomic mass is 16.7. The molecule has 0 unspecified atom stereocenters. The summed E-state index contributed by atoms with van der Waals surface area (Å²) in [4.78, 5) is 37.0. The second kappa shape index (κ2) is 14.0. The summed E-state index contributed by atoms with van der Waals surface area (Å²) in [6.07, 6.45) is 5.45. The molecule has 0 radical (unpaired) electrons. The van der Waals surface area contributed by atoms with Crippen LogP contribution in [0, 0.1) is 12.8 Å². The number of amides is 1. The van der Waals surface area contributed by atoms with E-state index in [2.05, 4.69) is 16.8 Å². The fourth-order valence-corrected chi connectivity index (χ4v) is 5.90. The van der Waals surface area contributed by atoms with Crippen LogP contribution in [0.15, 0.2) is 22.7 Å². The average molecular weight is 573 g/mol. The van der Waals surface area contributed by atoms with Gasteiger partial charge in [-0.25, -0.2) is 4.98 Å². The SMILES string of the molecule is CCCCN(CCCN(C)C)C(=O)CN1C[C@H](c2cc(OC)c3c(c2)OCO3)[C@@H](C(=O)O)[C@@H]1CCc1ncc(C)o1. The predicted molar refractivity (Wildman–Crippen MR) is 153 cm³/mol. The van der Waals surface area contributed by atoms with Crippen LogP contribution in [0.25, 0.3) is 0 Å². The summed E-state index contributed by atoms with van der Waals surface area (Å²) in [7, 11) is 5.61. The van der Waals surface area contributed by atoms with E-state index in [0.29, 0.717) is 61.4 Å². The number of aryl methyl sites for hydroxylation is 2. The molecular formula is C30H44N4O7. The Balaban J connectivity index is 1.61. The van der Waals surface area contributed by atoms with E-state index in [1.165, 1.54) is 0 Å². The zero-order chi connectivity index (χ0) is 29.5. The Morgan fingerprint density at radius 3 is 2.61 bits per heavy atom. The molecule has 41 heavy (non-hydrogen) atoms. The Bertz CT molecular complexity index is 1180. The first-order chi connectivity index (χ1) is 19.7. The van der Waals surface area contributed by atoms with Gasteiger partial charge in [-0.1, -0.05) is 13.3 Å². The van der Waals surface area contributed by atoms with Gasteiger partial charge >= 0.3 is 5.97 Å². The first kappa shape index (κ1) is 30.6. The third kappa shape index (κ3) is 7.51. The molecule has 3 heterocycles. The van der Waals surface area contributed by atoms with Crippen LogP contribution in [0.3, 0.4) is 0 Å². The molecule has 3 atom stereocenters. The van der Waals surface area contributed by atoms with E-state index in [4.69, 9.17) is 18.6 Å². The maximum absolute atomic E-state index is 13.7. The maximum atomic E-state index is 13.7. The summed E-state index contributed by atoms with van der Waals surface area (Å²) in [5.74, 6) is 0.852. The van der Waals surface area contributed by atoms with Gasteiger partial charge in [-0.2, -0.15) is 0 Å². The molecule has 11 nitrogen and oxygen atoms in total. The van der Waals surface area contributed by atoms with Crippen molar-refractivity contribution in [1.29, 1.82) is 0 Å². The molecule has 1 saturated heterocycles. The van der Waals surface area contributed by atoms with Gasteiger partial charge in [0.2, 0.25) is 18.4 Å². The number of hydrogen-bond acceptors (Lipinski definition) is 9. The number of ether oxygens (including phenoxy) is 3. The van der Waals surface area contributed by atoms with Crippen LogP contribution in [-0.4, -0.2) is 103 Å². The van der Waals surface area contributed by atoms with Crippen molar-refractivity contribution < 1.29 is 33.3 Å². The average Bonchev–Trinajstić information content (AvgIpc) is 3.66. The first-order valence-corrected chi connectivity index (χ1v) is 14.5. The fraction of sp³-hybridized carbons (Fsp3) is 0.633. The molecule has 1 fully saturated rings. The zero-order valence-corrected chi connectivity index (χ0v) is 24.9. The normalized spacial score (nSPS) is 20.1. The highest BCUT2D eigenvalue weighted by Crippen LogP contribution is 2.47. The number of carboxylic acids is 1. The predicted octanol–water partition coefficient (Wildman–Crippen LogP) is 3.40. The quantitative estimate of drug-likeness (QED) is 0.340. The van der Waals surface area contributed by atoms with Gasteiger partial charge in [0.15, 0.2) is 17.4 Å². The number of unbranched alkanes of at least 4 members (excludes halogenated alkanes) is 1. The molecule has 1 amide bonds. The smallest absolute Gasteiger partial charge is 0.308 e. The van der Waals surface area contributed by atoms with Crippen LogP contribution in [0.5, 0.6) is 17.2 Å². The van der Waals surface area contributed by atoms with Crippen molar-refractivity contribution >= 4 is 11.9 Å². The van der Waals surface area contributed by atoms with Gasteiger partial charge in [0.25, 0.3) is 0 Å². The Morgan fingerprint density at radius 1 is 1.17 bits per heavy atom. The number of carbonyl (C=O) groups excluding carboxylic acids is 1. The van der Waals surface area contributed by atoms with Crippen molar-refractivity contribution in [2.45, 2.75) is 57.9 Å². The molecule has 0 bridgehead atoms. The Hall–Kier alpha value is -3.31. The molecule has 11 heteroatoms. The minimum Gasteiger partial charge on any atom is -0.493 e. The van der Waals surface area contributed by atoms with Gasteiger partial charge in [0.1, 0.15) is 5.76 Å². The topological polar surface area (TPSA) is 118 Å². The minimum atomic E-state index is -0.899. The third-order valence-corrected chi connectivity index (χ3v) is 7.97. The largest absolute Gasteiger partial charge is 0.493 e. The Morgan fingerprint density at radius 2 is 1.95 bits per heavy atom. The molecule has 1 aromatic carbocycles. The number of benzene rings is 1. The van der Waals surface area contributed by atoms with Gasteiger partial charge in [-0.15, -0.1) is 0 Å². The lowest BCUT2D eigenvalue weighted by molar-refractivity contribution is -0.143. The minimum absolute atomic E-state index is 0.0298. The first-order valence-electron chi connectivity index (χ1n) is 14.5. The zero-order valence-electron chi connectivity index (χ0n) is 24.9. The molecule has 2 aliphatic rings. The summed E-state index contributed by atoms with van der Waals surface area (Å²) in [6, 6.07) is 3.29. The number of carboxylic acid groups (broad SMARTS) is 1. The fourth-order valence-electron chi connectivity index (χ4n) is 5.90. The van der Waals surface area contributed by atoms with Gasteiger partial charge in [-0.3, -0.25) is 14.5 Å². The number of oxazole rings is 1. The van der Waals surface area contributed by atoms with E-state index < -0.39 is 11.9 Å². The van der Waals surface area contributed by atoms with E-state index in [-0.39, 0.29) is 31.2 Å². The summed E-state index contributed by atoms with van der Waals surface area (Å²) in [5.41, 5.74) is 0.791. The summed E-state index contributed by atoms with van der Waals surface area (Å²) < 4.78 is 22.4. The summed E-state index contributed by atoms with van der Waals surface area (Å²) in [6.45, 7) is 6.88. The molecule has 0 spiro atoms. The molecule has 0 saturated carbocycles. The van der Waals surface area contributed by atoms with Crippen molar-refractivity contribution in [3.8, 4) is 17.2 Å². The van der Waals surface area contributed by atoms with Crippen molar-refractivity contribution in [3.05, 3.63) is 35.5 Å². The molecule has 1 aromatic heterocycles. The van der Waals surface area contributed by atoms with Crippen LogP contribution in [0.1, 0.15) is 55.7 Å². The second-order valence-corrected chi connectivity index (χ2v) is 11.2. The molecule has 226 valence electrons. The number of likely N-dealkylation sites (tertiary alicyclic amines) is 1. The summed E-state index contributed by atoms with van der Waals surface area (Å²) in [5, 5.41) is 10.5. The number of nitrogens with zero attached hydrogens (tertiary/aromatic N) is 4. The van der Waals surface area contributed by atoms with E-state index in [1.807, 2.05) is 43.0 Å². The molecule has 2 aromatic rings. The molecule has 0 aliphatic carbocycles. The van der Waals surface area contributed by atoms with Crippen LogP contribution in [0.2, 0.25) is 0 Å². The lowest BCUT2D eigenvalue weighted by Gasteiger charge is -2.30. The number of aliphatic carboxylic acids is 1. The van der Waals surface area contributed by atoms with E-state index in [9.17, 15) is 14.7 Å². The maximum Gasteiger partial charge on any atom is 0.308 e. The van der Waals surface area contributed by atoms with Crippen molar-refractivity contribution in [2.24, 2.45) is 5.92 Å². The van der Waals surface area contributed by atoms with E-state index in [1.54, 1.807) is 13.3 Å². The van der Waals surface area contributed by atoms with Gasteiger partial charge in [0.05, 0.1) is 25.8 Å². The van der Waals surface area contributed by atoms with Crippen molar-refractivity contribution in [2.75, 3.05) is 60.7 Å². The molecule has 1 N–H and O–H groups in total. The van der Waals surface area contributed by atoms with Gasteiger partial charge in [-0.05, 0) is 64.5 Å². The van der Waals surface area contributed by atoms with E-state index in [0.717, 1.165) is 31.4 Å². The Labute approximate surface area is 242 Å². The molecule has 4 rings (SSSR count). The number of fused-ring (bicyclic) bond motifs is 1. The van der Waals surface area contributed by atoms with Crippen LogP contribution < -0.4 is 14.2 Å². The monoisotopic (exact) mass is 572 g/mol. The number of methoxy groups -OCH3 is 1.